The summed E-state index contributed by atoms with van der Waals surface area (Å²) in [6, 6.07) is 11.5. The number of carbonyl (C=O) groups is 2. The van der Waals surface area contributed by atoms with Gasteiger partial charge in [0.15, 0.2) is 0 Å². The van der Waals surface area contributed by atoms with Gasteiger partial charge in [-0.2, -0.15) is 0 Å². The van der Waals surface area contributed by atoms with Gasteiger partial charge in [-0.1, -0.05) is 44.5 Å². The van der Waals surface area contributed by atoms with E-state index in [9.17, 15) is 14.4 Å². The van der Waals surface area contributed by atoms with Crippen LogP contribution in [0.25, 0.3) is 0 Å². The molecule has 2 unspecified atom stereocenters. The molecule has 0 bridgehead atoms. The molecule has 0 aliphatic carbocycles. The van der Waals surface area contributed by atoms with Crippen LogP contribution in [0.4, 0.5) is 5.69 Å². The summed E-state index contributed by atoms with van der Waals surface area (Å²) in [5.41, 5.74) is 1.62. The smallest absolute Gasteiger partial charge is 0.271 e. The summed E-state index contributed by atoms with van der Waals surface area (Å²) < 4.78 is 1.32. The summed E-state index contributed by atoms with van der Waals surface area (Å²) in [6.45, 7) is 4.27. The Morgan fingerprint density at radius 3 is 2.65 bits per heavy atom. The lowest BCUT2D eigenvalue weighted by molar-refractivity contribution is -0.122. The summed E-state index contributed by atoms with van der Waals surface area (Å²) in [6.07, 6.45) is 0.756. The lowest BCUT2D eigenvalue weighted by Crippen LogP contribution is -2.49. The summed E-state index contributed by atoms with van der Waals surface area (Å²) in [5.74, 6) is -0.532. The van der Waals surface area contributed by atoms with Gasteiger partial charge in [0.2, 0.25) is 5.91 Å². The Labute approximate surface area is 152 Å². The van der Waals surface area contributed by atoms with E-state index in [1.807, 2.05) is 38.1 Å². The van der Waals surface area contributed by atoms with Crippen molar-refractivity contribution >= 4 is 17.5 Å². The van der Waals surface area contributed by atoms with Gasteiger partial charge < -0.3 is 14.8 Å². The SMILES string of the molecule is CCC(C)C1C(=O)Nc2ccccc2CN1C(=O)c1cccc(=O)n1C. The molecule has 6 nitrogen and oxygen atoms in total. The predicted octanol–water partition coefficient (Wildman–Crippen LogP) is 2.39. The molecule has 2 heterocycles. The molecule has 2 atom stereocenters. The highest BCUT2D eigenvalue weighted by molar-refractivity contribution is 6.02. The third kappa shape index (κ3) is 3.14. The van der Waals surface area contributed by atoms with Gasteiger partial charge in [0.05, 0.1) is 0 Å². The van der Waals surface area contributed by atoms with E-state index in [1.165, 1.54) is 10.6 Å². The second-order valence-electron chi connectivity index (χ2n) is 6.72. The third-order valence-corrected chi connectivity index (χ3v) is 5.07. The van der Waals surface area contributed by atoms with Crippen molar-refractivity contribution in [2.45, 2.75) is 32.9 Å². The van der Waals surface area contributed by atoms with E-state index in [4.69, 9.17) is 0 Å². The standard InChI is InChI=1S/C20H23N3O3/c1-4-13(2)18-19(25)21-15-9-6-5-8-14(15)12-23(18)20(26)16-10-7-11-17(24)22(16)3/h5-11,13,18H,4,12H2,1-3H3,(H,21,25). The van der Waals surface area contributed by atoms with E-state index in [-0.39, 0.29) is 29.0 Å². The fourth-order valence-electron chi connectivity index (χ4n) is 3.32. The number of pyridine rings is 1. The highest BCUT2D eigenvalue weighted by Crippen LogP contribution is 2.28. The van der Waals surface area contributed by atoms with E-state index >= 15 is 0 Å². The van der Waals surface area contributed by atoms with E-state index in [0.29, 0.717) is 6.54 Å². The number of amides is 2. The summed E-state index contributed by atoms with van der Waals surface area (Å²) in [7, 11) is 1.57. The van der Waals surface area contributed by atoms with Gasteiger partial charge in [-0.15, -0.1) is 0 Å². The fourth-order valence-corrected chi connectivity index (χ4v) is 3.32. The Balaban J connectivity index is 2.10. The minimum atomic E-state index is -0.602. The molecule has 1 N–H and O–H groups in total. The summed E-state index contributed by atoms with van der Waals surface area (Å²) in [5, 5.41) is 2.95. The first kappa shape index (κ1) is 17.9. The quantitative estimate of drug-likeness (QED) is 0.921. The first-order valence-corrected chi connectivity index (χ1v) is 8.79. The maximum atomic E-state index is 13.3. The monoisotopic (exact) mass is 353 g/mol. The Morgan fingerprint density at radius 2 is 1.92 bits per heavy atom. The molecule has 1 aromatic heterocycles. The number of carbonyl (C=O) groups excluding carboxylic acids is 2. The molecule has 26 heavy (non-hydrogen) atoms. The van der Waals surface area contributed by atoms with Crippen LogP contribution < -0.4 is 10.9 Å². The molecular weight excluding hydrogens is 330 g/mol. The molecule has 2 amide bonds. The number of aromatic nitrogens is 1. The molecule has 0 fully saturated rings. The van der Waals surface area contributed by atoms with Crippen molar-refractivity contribution in [3.05, 3.63) is 64.1 Å². The highest BCUT2D eigenvalue weighted by atomic mass is 16.2. The number of fused-ring (bicyclic) bond motifs is 1. The molecule has 0 radical (unpaired) electrons. The number of benzene rings is 1. The minimum absolute atomic E-state index is 0.0194. The zero-order chi connectivity index (χ0) is 18.8. The second kappa shape index (κ2) is 7.15. The van der Waals surface area contributed by atoms with Crippen LogP contribution in [-0.4, -0.2) is 27.3 Å². The van der Waals surface area contributed by atoms with Crippen molar-refractivity contribution in [3.8, 4) is 0 Å². The number of para-hydroxylation sites is 1. The van der Waals surface area contributed by atoms with Gasteiger partial charge in [0.25, 0.3) is 11.5 Å². The molecule has 136 valence electrons. The van der Waals surface area contributed by atoms with Crippen molar-refractivity contribution in [2.75, 3.05) is 5.32 Å². The van der Waals surface area contributed by atoms with E-state index in [1.54, 1.807) is 24.1 Å². The second-order valence-corrected chi connectivity index (χ2v) is 6.72. The molecule has 1 aromatic carbocycles. The number of rotatable bonds is 3. The first-order valence-electron chi connectivity index (χ1n) is 8.79. The van der Waals surface area contributed by atoms with Crippen LogP contribution in [0.3, 0.4) is 0 Å². The van der Waals surface area contributed by atoms with E-state index in [0.717, 1.165) is 17.7 Å². The summed E-state index contributed by atoms with van der Waals surface area (Å²) in [4.78, 5) is 39.7. The summed E-state index contributed by atoms with van der Waals surface area (Å²) >= 11 is 0. The van der Waals surface area contributed by atoms with Crippen LogP contribution in [0.15, 0.2) is 47.3 Å². The Kier molecular flexibility index (Phi) is 4.93. The molecule has 0 saturated heterocycles. The van der Waals surface area contributed by atoms with Gasteiger partial charge in [0, 0.05) is 25.3 Å². The van der Waals surface area contributed by atoms with Crippen molar-refractivity contribution < 1.29 is 9.59 Å². The fraction of sp³-hybridized carbons (Fsp3) is 0.350. The first-order chi connectivity index (χ1) is 12.4. The molecule has 3 rings (SSSR count). The third-order valence-electron chi connectivity index (χ3n) is 5.07. The lowest BCUT2D eigenvalue weighted by Gasteiger charge is -2.32. The average Bonchev–Trinajstić information content (AvgIpc) is 2.78. The van der Waals surface area contributed by atoms with Gasteiger partial charge in [0.1, 0.15) is 11.7 Å². The molecular formula is C20H23N3O3. The topological polar surface area (TPSA) is 71.4 Å². The van der Waals surface area contributed by atoms with E-state index in [2.05, 4.69) is 5.32 Å². The Hall–Kier alpha value is -2.89. The molecule has 6 heteroatoms. The number of anilines is 1. The van der Waals surface area contributed by atoms with Gasteiger partial charge >= 0.3 is 0 Å². The highest BCUT2D eigenvalue weighted by Gasteiger charge is 2.37. The molecule has 1 aliphatic heterocycles. The number of nitrogens with one attached hydrogen (secondary N) is 1. The van der Waals surface area contributed by atoms with Crippen LogP contribution in [0, 0.1) is 5.92 Å². The number of nitrogens with zero attached hydrogens (tertiary/aromatic N) is 2. The maximum absolute atomic E-state index is 13.3. The number of hydrogen-bond acceptors (Lipinski definition) is 3. The zero-order valence-electron chi connectivity index (χ0n) is 15.2. The molecule has 1 aliphatic rings. The zero-order valence-corrected chi connectivity index (χ0v) is 15.2. The molecule has 0 spiro atoms. The minimum Gasteiger partial charge on any atom is -0.324 e. The van der Waals surface area contributed by atoms with Crippen LogP contribution in [0.1, 0.15) is 36.3 Å². The van der Waals surface area contributed by atoms with E-state index < -0.39 is 6.04 Å². The van der Waals surface area contributed by atoms with Gasteiger partial charge in [-0.05, 0) is 23.6 Å². The van der Waals surface area contributed by atoms with Crippen LogP contribution in [0.2, 0.25) is 0 Å². The number of hydrogen-bond donors (Lipinski definition) is 1. The van der Waals surface area contributed by atoms with Crippen molar-refractivity contribution in [3.63, 3.8) is 0 Å². The Bertz CT molecular complexity index is 903. The Morgan fingerprint density at radius 1 is 1.19 bits per heavy atom. The molecule has 2 aromatic rings. The van der Waals surface area contributed by atoms with Crippen LogP contribution in [0.5, 0.6) is 0 Å². The average molecular weight is 353 g/mol. The van der Waals surface area contributed by atoms with Crippen LogP contribution in [-0.2, 0) is 18.4 Å². The van der Waals surface area contributed by atoms with Gasteiger partial charge in [-0.25, -0.2) is 0 Å². The largest absolute Gasteiger partial charge is 0.324 e. The predicted molar refractivity (Wildman–Crippen MR) is 99.9 cm³/mol. The normalized spacial score (nSPS) is 17.9. The van der Waals surface area contributed by atoms with Crippen molar-refractivity contribution in [1.82, 2.24) is 9.47 Å². The molecule has 0 saturated carbocycles. The van der Waals surface area contributed by atoms with Crippen molar-refractivity contribution in [1.29, 1.82) is 0 Å². The lowest BCUT2D eigenvalue weighted by atomic mass is 9.96. The van der Waals surface area contributed by atoms with Gasteiger partial charge in [-0.3, -0.25) is 14.4 Å². The maximum Gasteiger partial charge on any atom is 0.271 e. The van der Waals surface area contributed by atoms with Crippen LogP contribution >= 0.6 is 0 Å². The van der Waals surface area contributed by atoms with Crippen molar-refractivity contribution in [2.24, 2.45) is 13.0 Å².